The van der Waals surface area contributed by atoms with Crippen LogP contribution in [0, 0.1) is 11.6 Å². The maximum absolute atomic E-state index is 13.6. The van der Waals surface area contributed by atoms with Gasteiger partial charge in [0.2, 0.25) is 0 Å². The zero-order valence-electron chi connectivity index (χ0n) is 9.84. The predicted molar refractivity (Wildman–Crippen MR) is 76.1 cm³/mol. The maximum atomic E-state index is 13.6. The highest BCUT2D eigenvalue weighted by Crippen LogP contribution is 2.28. The molecule has 0 aliphatic rings. The number of rotatable bonds is 3. The third-order valence-electron chi connectivity index (χ3n) is 2.83. The maximum Gasteiger partial charge on any atom is 0.137 e. The van der Waals surface area contributed by atoms with Crippen LogP contribution in [0.25, 0.3) is 0 Å². The molecule has 1 nitrogen and oxygen atoms in total. The highest BCUT2D eigenvalue weighted by Gasteiger charge is 2.15. The molecule has 19 heavy (non-hydrogen) atoms. The number of benzene rings is 2. The quantitative estimate of drug-likeness (QED) is 0.862. The van der Waals surface area contributed by atoms with Crippen molar-refractivity contribution >= 4 is 27.5 Å². The lowest BCUT2D eigenvalue weighted by Gasteiger charge is -2.15. The summed E-state index contributed by atoms with van der Waals surface area (Å²) in [5.74, 6) is -0.758. The summed E-state index contributed by atoms with van der Waals surface area (Å²) in [6, 6.07) is 8.40. The molecule has 2 rings (SSSR count). The highest BCUT2D eigenvalue weighted by molar-refractivity contribution is 9.10. The normalized spacial score (nSPS) is 12.5. The molecule has 0 saturated carbocycles. The van der Waals surface area contributed by atoms with E-state index in [4.69, 9.17) is 17.3 Å². The topological polar surface area (TPSA) is 26.0 Å². The van der Waals surface area contributed by atoms with E-state index >= 15 is 0 Å². The van der Waals surface area contributed by atoms with Crippen molar-refractivity contribution in [3.8, 4) is 0 Å². The van der Waals surface area contributed by atoms with Crippen LogP contribution < -0.4 is 5.73 Å². The molecule has 1 unspecified atom stereocenters. The summed E-state index contributed by atoms with van der Waals surface area (Å²) in [6.45, 7) is 0. The van der Waals surface area contributed by atoms with E-state index in [0.29, 0.717) is 20.6 Å². The van der Waals surface area contributed by atoms with Gasteiger partial charge in [0.15, 0.2) is 0 Å². The fraction of sp³-hybridized carbons (Fsp3) is 0.143. The van der Waals surface area contributed by atoms with Gasteiger partial charge >= 0.3 is 0 Å². The number of nitrogens with two attached hydrogens (primary N) is 1. The molecule has 0 amide bonds. The second kappa shape index (κ2) is 5.99. The smallest absolute Gasteiger partial charge is 0.137 e. The van der Waals surface area contributed by atoms with E-state index in [1.54, 1.807) is 12.1 Å². The van der Waals surface area contributed by atoms with Gasteiger partial charge in [-0.2, -0.15) is 0 Å². The van der Waals surface area contributed by atoms with Crippen molar-refractivity contribution < 1.29 is 8.78 Å². The average molecular weight is 347 g/mol. The molecule has 0 saturated heterocycles. The van der Waals surface area contributed by atoms with Crippen molar-refractivity contribution in [3.63, 3.8) is 0 Å². The van der Waals surface area contributed by atoms with Crippen LogP contribution in [0.3, 0.4) is 0 Å². The van der Waals surface area contributed by atoms with Crippen molar-refractivity contribution in [2.24, 2.45) is 5.73 Å². The summed E-state index contributed by atoms with van der Waals surface area (Å²) in [5.41, 5.74) is 7.02. The van der Waals surface area contributed by atoms with Crippen LogP contribution in [0.1, 0.15) is 17.2 Å². The van der Waals surface area contributed by atoms with E-state index in [1.165, 1.54) is 24.3 Å². The lowest BCUT2D eigenvalue weighted by atomic mass is 9.99. The zero-order chi connectivity index (χ0) is 14.0. The Morgan fingerprint density at radius 2 is 1.89 bits per heavy atom. The summed E-state index contributed by atoms with van der Waals surface area (Å²) >= 11 is 8.98. The minimum atomic E-state index is -0.516. The van der Waals surface area contributed by atoms with E-state index in [1.807, 2.05) is 0 Å². The van der Waals surface area contributed by atoms with Crippen LogP contribution in [-0.4, -0.2) is 0 Å². The SMILES string of the molecule is NC(Cc1cc(Cl)ccc1F)c1cccc(F)c1Br. The molecular formula is C14H11BrClF2N. The van der Waals surface area contributed by atoms with Crippen LogP contribution in [-0.2, 0) is 6.42 Å². The second-order valence-electron chi connectivity index (χ2n) is 4.19. The summed E-state index contributed by atoms with van der Waals surface area (Å²) in [6.07, 6.45) is 0.244. The first-order chi connectivity index (χ1) is 8.99. The van der Waals surface area contributed by atoms with E-state index in [2.05, 4.69) is 15.9 Å². The molecule has 0 heterocycles. The molecule has 0 aliphatic carbocycles. The first-order valence-corrected chi connectivity index (χ1v) is 6.79. The molecule has 0 spiro atoms. The highest BCUT2D eigenvalue weighted by atomic mass is 79.9. The largest absolute Gasteiger partial charge is 0.324 e. The van der Waals surface area contributed by atoms with Gasteiger partial charge in [-0.05, 0) is 57.7 Å². The number of halogens is 4. The fourth-order valence-corrected chi connectivity index (χ4v) is 2.61. The lowest BCUT2D eigenvalue weighted by molar-refractivity contribution is 0.586. The molecule has 1 atom stereocenters. The van der Waals surface area contributed by atoms with Crippen molar-refractivity contribution in [3.05, 3.63) is 68.7 Å². The first kappa shape index (κ1) is 14.4. The third kappa shape index (κ3) is 3.32. The van der Waals surface area contributed by atoms with E-state index in [-0.39, 0.29) is 18.1 Å². The zero-order valence-corrected chi connectivity index (χ0v) is 12.2. The molecule has 2 aromatic rings. The summed E-state index contributed by atoms with van der Waals surface area (Å²) in [5, 5.41) is 0.446. The van der Waals surface area contributed by atoms with E-state index < -0.39 is 6.04 Å². The van der Waals surface area contributed by atoms with Crippen LogP contribution in [0.4, 0.5) is 8.78 Å². The minimum Gasteiger partial charge on any atom is -0.324 e. The van der Waals surface area contributed by atoms with Crippen LogP contribution in [0.2, 0.25) is 5.02 Å². The monoisotopic (exact) mass is 345 g/mol. The van der Waals surface area contributed by atoms with Crippen LogP contribution >= 0.6 is 27.5 Å². The predicted octanol–water partition coefficient (Wildman–Crippen LogP) is 4.62. The van der Waals surface area contributed by atoms with E-state index in [0.717, 1.165) is 0 Å². The van der Waals surface area contributed by atoms with Crippen molar-refractivity contribution in [1.29, 1.82) is 0 Å². The molecule has 2 N–H and O–H groups in total. The second-order valence-corrected chi connectivity index (χ2v) is 5.42. The Kier molecular flexibility index (Phi) is 4.55. The Morgan fingerprint density at radius 3 is 2.63 bits per heavy atom. The Hall–Kier alpha value is -0.970. The van der Waals surface area contributed by atoms with Crippen molar-refractivity contribution in [2.75, 3.05) is 0 Å². The summed E-state index contributed by atoms with van der Waals surface area (Å²) < 4.78 is 27.4. The summed E-state index contributed by atoms with van der Waals surface area (Å²) in [7, 11) is 0. The van der Waals surface area contributed by atoms with Gasteiger partial charge in [0.25, 0.3) is 0 Å². The molecule has 0 bridgehead atoms. The fourth-order valence-electron chi connectivity index (χ4n) is 1.85. The average Bonchev–Trinajstić information content (AvgIpc) is 2.37. The molecule has 0 aromatic heterocycles. The standard InChI is InChI=1S/C14H11BrClF2N/c15-14-10(2-1-3-12(14)18)13(19)7-8-6-9(16)4-5-11(8)17/h1-6,13H,7,19H2. The van der Waals surface area contributed by atoms with Gasteiger partial charge in [-0.1, -0.05) is 23.7 Å². The van der Waals surface area contributed by atoms with Gasteiger partial charge in [0.05, 0.1) is 4.47 Å². The first-order valence-electron chi connectivity index (χ1n) is 5.62. The van der Waals surface area contributed by atoms with E-state index in [9.17, 15) is 8.78 Å². The molecule has 0 aliphatic heterocycles. The Morgan fingerprint density at radius 1 is 1.16 bits per heavy atom. The van der Waals surface area contributed by atoms with Crippen LogP contribution in [0.5, 0.6) is 0 Å². The Labute approximate surface area is 123 Å². The van der Waals surface area contributed by atoms with Crippen LogP contribution in [0.15, 0.2) is 40.9 Å². The van der Waals surface area contributed by atoms with Gasteiger partial charge in [-0.15, -0.1) is 0 Å². The van der Waals surface area contributed by atoms with Gasteiger partial charge in [0, 0.05) is 11.1 Å². The number of hydrogen-bond donors (Lipinski definition) is 1. The Balaban J connectivity index is 2.28. The third-order valence-corrected chi connectivity index (χ3v) is 3.90. The molecule has 100 valence electrons. The molecule has 0 radical (unpaired) electrons. The molecule has 5 heteroatoms. The van der Waals surface area contributed by atoms with Gasteiger partial charge in [-0.3, -0.25) is 0 Å². The lowest BCUT2D eigenvalue weighted by Crippen LogP contribution is -2.15. The number of hydrogen-bond acceptors (Lipinski definition) is 1. The minimum absolute atomic E-state index is 0.244. The Bertz CT molecular complexity index is 604. The molecular weight excluding hydrogens is 336 g/mol. The van der Waals surface area contributed by atoms with Crippen molar-refractivity contribution in [2.45, 2.75) is 12.5 Å². The molecule has 2 aromatic carbocycles. The van der Waals surface area contributed by atoms with Gasteiger partial charge < -0.3 is 5.73 Å². The van der Waals surface area contributed by atoms with Gasteiger partial charge in [0.1, 0.15) is 11.6 Å². The molecule has 0 fully saturated rings. The van der Waals surface area contributed by atoms with Gasteiger partial charge in [-0.25, -0.2) is 8.78 Å². The summed E-state index contributed by atoms with van der Waals surface area (Å²) in [4.78, 5) is 0. The van der Waals surface area contributed by atoms with Crippen molar-refractivity contribution in [1.82, 2.24) is 0 Å².